The minimum atomic E-state index is 0.718. The van der Waals surface area contributed by atoms with E-state index in [0.29, 0.717) is 0 Å². The molecule has 0 radical (unpaired) electrons. The molecule has 3 aromatic carbocycles. The van der Waals surface area contributed by atoms with Crippen molar-refractivity contribution < 1.29 is 4.79 Å². The van der Waals surface area contributed by atoms with Crippen LogP contribution in [0.4, 0.5) is 0 Å². The summed E-state index contributed by atoms with van der Waals surface area (Å²) in [6, 6.07) is 22.9. The molecule has 2 heteroatoms. The highest BCUT2D eigenvalue weighted by Crippen LogP contribution is 2.30. The maximum absolute atomic E-state index is 11.1. The van der Waals surface area contributed by atoms with Crippen molar-refractivity contribution in [3.8, 4) is 0 Å². The monoisotopic (exact) mass is 299 g/mol. The van der Waals surface area contributed by atoms with E-state index in [-0.39, 0.29) is 0 Å². The van der Waals surface area contributed by atoms with Crippen molar-refractivity contribution in [2.45, 2.75) is 13.5 Å². The molecule has 0 aliphatic heterocycles. The van der Waals surface area contributed by atoms with Gasteiger partial charge < -0.3 is 4.57 Å². The Morgan fingerprint density at radius 3 is 2.39 bits per heavy atom. The summed E-state index contributed by atoms with van der Waals surface area (Å²) in [7, 11) is 0. The quantitative estimate of drug-likeness (QED) is 0.490. The first-order chi connectivity index (χ1) is 11.3. The molecule has 0 aliphatic carbocycles. The van der Waals surface area contributed by atoms with Crippen molar-refractivity contribution in [2.24, 2.45) is 0 Å². The predicted molar refractivity (Wildman–Crippen MR) is 95.1 cm³/mol. The predicted octanol–water partition coefficient (Wildman–Crippen LogP) is 4.96. The third-order valence-corrected chi connectivity index (χ3v) is 4.39. The van der Waals surface area contributed by atoms with Gasteiger partial charge in [0.1, 0.15) is 6.29 Å². The van der Waals surface area contributed by atoms with Crippen LogP contribution < -0.4 is 0 Å². The molecule has 0 unspecified atom stereocenters. The lowest BCUT2D eigenvalue weighted by molar-refractivity contribution is 0.112. The number of rotatable bonds is 3. The van der Waals surface area contributed by atoms with Gasteiger partial charge in [0.2, 0.25) is 0 Å². The number of carbonyl (C=O) groups excluding carboxylic acids is 1. The lowest BCUT2D eigenvalue weighted by atomic mass is 10.1. The molecule has 112 valence electrons. The van der Waals surface area contributed by atoms with Crippen LogP contribution >= 0.6 is 0 Å². The molecule has 0 saturated carbocycles. The zero-order chi connectivity index (χ0) is 15.8. The Labute approximate surface area is 135 Å². The number of carbonyl (C=O) groups is 1. The molecule has 0 atom stereocenters. The van der Waals surface area contributed by atoms with Crippen LogP contribution in [0, 0.1) is 6.92 Å². The highest BCUT2D eigenvalue weighted by Gasteiger charge is 2.11. The average molecular weight is 299 g/mol. The molecule has 4 rings (SSSR count). The normalized spacial score (nSPS) is 11.2. The number of aldehydes is 1. The van der Waals surface area contributed by atoms with E-state index in [4.69, 9.17) is 0 Å². The van der Waals surface area contributed by atoms with Crippen molar-refractivity contribution in [1.82, 2.24) is 4.57 Å². The summed E-state index contributed by atoms with van der Waals surface area (Å²) in [6.45, 7) is 2.93. The lowest BCUT2D eigenvalue weighted by Crippen LogP contribution is -1.99. The molecule has 4 aromatic rings. The Balaban J connectivity index is 1.96. The summed E-state index contributed by atoms with van der Waals surface area (Å²) in [5.41, 5.74) is 5.63. The van der Waals surface area contributed by atoms with E-state index in [0.717, 1.165) is 29.3 Å². The van der Waals surface area contributed by atoms with E-state index in [2.05, 4.69) is 54.0 Å². The molecule has 0 N–H and O–H groups in total. The molecular formula is C21H17NO. The van der Waals surface area contributed by atoms with E-state index in [1.807, 2.05) is 24.3 Å². The molecule has 2 nitrogen and oxygen atoms in total. The summed E-state index contributed by atoms with van der Waals surface area (Å²) in [5.74, 6) is 0. The Bertz CT molecular complexity index is 1010. The molecule has 0 spiro atoms. The molecular weight excluding hydrogens is 282 g/mol. The van der Waals surface area contributed by atoms with Gasteiger partial charge >= 0.3 is 0 Å². The van der Waals surface area contributed by atoms with Gasteiger partial charge in [0, 0.05) is 33.9 Å². The molecule has 0 fully saturated rings. The molecule has 1 aromatic heterocycles. The maximum Gasteiger partial charge on any atom is 0.150 e. The number of aryl methyl sites for hydroxylation is 1. The van der Waals surface area contributed by atoms with E-state index in [1.54, 1.807) is 0 Å². The zero-order valence-electron chi connectivity index (χ0n) is 13.0. The van der Waals surface area contributed by atoms with Crippen LogP contribution in [0.25, 0.3) is 21.8 Å². The second-order valence-electron chi connectivity index (χ2n) is 5.98. The first kappa shape index (κ1) is 13.8. The van der Waals surface area contributed by atoms with Crippen LogP contribution in [0.1, 0.15) is 21.5 Å². The van der Waals surface area contributed by atoms with Gasteiger partial charge in [0.05, 0.1) is 0 Å². The highest BCUT2D eigenvalue weighted by molar-refractivity contribution is 6.09. The minimum absolute atomic E-state index is 0.718. The van der Waals surface area contributed by atoms with Crippen LogP contribution in [0.2, 0.25) is 0 Å². The SMILES string of the molecule is Cc1ccc(Cn2c3ccccc3c3cc(C=O)ccc32)cc1. The van der Waals surface area contributed by atoms with Crippen molar-refractivity contribution in [3.63, 3.8) is 0 Å². The Morgan fingerprint density at radius 2 is 1.61 bits per heavy atom. The van der Waals surface area contributed by atoms with Crippen molar-refractivity contribution in [1.29, 1.82) is 0 Å². The number of fused-ring (bicyclic) bond motifs is 3. The average Bonchev–Trinajstić information content (AvgIpc) is 2.90. The molecule has 23 heavy (non-hydrogen) atoms. The molecule has 0 bridgehead atoms. The van der Waals surface area contributed by atoms with E-state index in [1.165, 1.54) is 22.0 Å². The largest absolute Gasteiger partial charge is 0.336 e. The number of hydrogen-bond acceptors (Lipinski definition) is 1. The fraction of sp³-hybridized carbons (Fsp3) is 0.0952. The first-order valence-electron chi connectivity index (χ1n) is 7.78. The summed E-state index contributed by atoms with van der Waals surface area (Å²) in [6.07, 6.45) is 0.908. The van der Waals surface area contributed by atoms with Crippen molar-refractivity contribution in [2.75, 3.05) is 0 Å². The van der Waals surface area contributed by atoms with Crippen LogP contribution in [0.15, 0.2) is 66.7 Å². The van der Waals surface area contributed by atoms with E-state index in [9.17, 15) is 4.79 Å². The van der Waals surface area contributed by atoms with Gasteiger partial charge in [0.25, 0.3) is 0 Å². The van der Waals surface area contributed by atoms with Crippen LogP contribution in [-0.4, -0.2) is 10.9 Å². The van der Waals surface area contributed by atoms with Crippen molar-refractivity contribution in [3.05, 3.63) is 83.4 Å². The minimum Gasteiger partial charge on any atom is -0.336 e. The van der Waals surface area contributed by atoms with Gasteiger partial charge in [-0.25, -0.2) is 0 Å². The number of benzene rings is 3. The first-order valence-corrected chi connectivity index (χ1v) is 7.78. The molecule has 0 saturated heterocycles. The third-order valence-electron chi connectivity index (χ3n) is 4.39. The number of para-hydroxylation sites is 1. The summed E-state index contributed by atoms with van der Waals surface area (Å²) in [4.78, 5) is 11.1. The van der Waals surface area contributed by atoms with Crippen LogP contribution in [-0.2, 0) is 6.54 Å². The number of hydrogen-bond donors (Lipinski definition) is 0. The van der Waals surface area contributed by atoms with Gasteiger partial charge in [-0.3, -0.25) is 4.79 Å². The summed E-state index contributed by atoms with van der Waals surface area (Å²) in [5, 5.41) is 2.33. The van der Waals surface area contributed by atoms with E-state index < -0.39 is 0 Å². The lowest BCUT2D eigenvalue weighted by Gasteiger charge is -2.08. The van der Waals surface area contributed by atoms with Crippen LogP contribution in [0.3, 0.4) is 0 Å². The maximum atomic E-state index is 11.1. The topological polar surface area (TPSA) is 22.0 Å². The zero-order valence-corrected chi connectivity index (χ0v) is 13.0. The number of nitrogens with zero attached hydrogens (tertiary/aromatic N) is 1. The Morgan fingerprint density at radius 1 is 0.870 bits per heavy atom. The van der Waals surface area contributed by atoms with Gasteiger partial charge in [-0.1, -0.05) is 48.0 Å². The van der Waals surface area contributed by atoms with Gasteiger partial charge in [-0.05, 0) is 36.8 Å². The van der Waals surface area contributed by atoms with Crippen LogP contribution in [0.5, 0.6) is 0 Å². The fourth-order valence-corrected chi connectivity index (χ4v) is 3.19. The number of aromatic nitrogens is 1. The molecule has 1 heterocycles. The summed E-state index contributed by atoms with van der Waals surface area (Å²) < 4.78 is 2.32. The van der Waals surface area contributed by atoms with E-state index >= 15 is 0 Å². The van der Waals surface area contributed by atoms with Gasteiger partial charge in [0.15, 0.2) is 0 Å². The Kier molecular flexibility index (Phi) is 3.23. The molecule has 0 amide bonds. The Hall–Kier alpha value is -2.87. The van der Waals surface area contributed by atoms with Crippen molar-refractivity contribution >= 4 is 28.1 Å². The standard InChI is InChI=1S/C21H17NO/c1-15-6-8-16(9-7-15)13-22-20-5-3-2-4-18(20)19-12-17(14-23)10-11-21(19)22/h2-12,14H,13H2,1H3. The summed E-state index contributed by atoms with van der Waals surface area (Å²) >= 11 is 0. The third kappa shape index (κ3) is 2.33. The second kappa shape index (κ2) is 5.40. The second-order valence-corrected chi connectivity index (χ2v) is 5.98. The van der Waals surface area contributed by atoms with Gasteiger partial charge in [-0.15, -0.1) is 0 Å². The highest BCUT2D eigenvalue weighted by atomic mass is 16.1. The smallest absolute Gasteiger partial charge is 0.150 e. The van der Waals surface area contributed by atoms with Gasteiger partial charge in [-0.2, -0.15) is 0 Å². The molecule has 0 aliphatic rings. The fourth-order valence-electron chi connectivity index (χ4n) is 3.19.